The van der Waals surface area contributed by atoms with Gasteiger partial charge < -0.3 is 16.0 Å². The van der Waals surface area contributed by atoms with E-state index in [9.17, 15) is 22.8 Å². The van der Waals surface area contributed by atoms with Crippen LogP contribution in [0.25, 0.3) is 0 Å². The molecule has 1 aromatic rings. The maximum atomic E-state index is 12.4. The fourth-order valence-corrected chi connectivity index (χ4v) is 1.50. The lowest BCUT2D eigenvalue weighted by Gasteiger charge is -2.15. The predicted molar refractivity (Wildman–Crippen MR) is 67.3 cm³/mol. The van der Waals surface area contributed by atoms with Crippen molar-refractivity contribution in [3.8, 4) is 0 Å². The Balaban J connectivity index is 2.79. The van der Waals surface area contributed by atoms with Crippen LogP contribution in [0.1, 0.15) is 5.56 Å². The summed E-state index contributed by atoms with van der Waals surface area (Å²) >= 11 is 5.66. The number of hydrogen-bond acceptors (Lipinski definition) is 2. The van der Waals surface area contributed by atoms with Crippen LogP contribution < -0.4 is 11.1 Å². The number of anilines is 1. The molecule has 0 unspecified atom stereocenters. The highest BCUT2D eigenvalue weighted by Crippen LogP contribution is 2.33. The van der Waals surface area contributed by atoms with Crippen LogP contribution in [0.4, 0.5) is 23.7 Å². The lowest BCUT2D eigenvalue weighted by molar-refractivity contribution is -0.137. The molecule has 20 heavy (non-hydrogen) atoms. The van der Waals surface area contributed by atoms with Crippen molar-refractivity contribution in [2.24, 2.45) is 5.73 Å². The highest BCUT2D eigenvalue weighted by molar-refractivity contribution is 6.33. The van der Waals surface area contributed by atoms with Crippen LogP contribution in [0.2, 0.25) is 5.02 Å². The highest BCUT2D eigenvalue weighted by Gasteiger charge is 2.31. The van der Waals surface area contributed by atoms with Crippen molar-refractivity contribution in [2.45, 2.75) is 6.18 Å². The predicted octanol–water partition coefficient (Wildman–Crippen LogP) is 2.31. The number of rotatable bonds is 3. The second kappa shape index (κ2) is 6.00. The van der Waals surface area contributed by atoms with Crippen molar-refractivity contribution in [2.75, 3.05) is 18.9 Å². The summed E-state index contributed by atoms with van der Waals surface area (Å²) in [7, 11) is 1.30. The number of carbonyl (C=O) groups excluding carboxylic acids is 2. The molecular weight excluding hydrogens is 299 g/mol. The van der Waals surface area contributed by atoms with Gasteiger partial charge in [-0.1, -0.05) is 11.6 Å². The average molecular weight is 310 g/mol. The van der Waals surface area contributed by atoms with Gasteiger partial charge in [0.25, 0.3) is 0 Å². The minimum absolute atomic E-state index is 0.0162. The van der Waals surface area contributed by atoms with Gasteiger partial charge in [-0.05, 0) is 18.2 Å². The Morgan fingerprint density at radius 1 is 1.40 bits per heavy atom. The van der Waals surface area contributed by atoms with Gasteiger partial charge in [-0.2, -0.15) is 13.2 Å². The van der Waals surface area contributed by atoms with Crippen LogP contribution in [0, 0.1) is 0 Å². The van der Waals surface area contributed by atoms with E-state index in [1.165, 1.54) is 7.05 Å². The zero-order chi connectivity index (χ0) is 15.5. The minimum Gasteiger partial charge on any atom is -0.351 e. The molecule has 0 radical (unpaired) electrons. The molecule has 0 atom stereocenters. The van der Waals surface area contributed by atoms with Gasteiger partial charge in [0.15, 0.2) is 0 Å². The summed E-state index contributed by atoms with van der Waals surface area (Å²) in [6, 6.07) is 1.72. The van der Waals surface area contributed by atoms with E-state index in [-0.39, 0.29) is 17.3 Å². The molecule has 0 aliphatic rings. The summed E-state index contributed by atoms with van der Waals surface area (Å²) in [5, 5.41) is 2.03. The first kappa shape index (κ1) is 16.1. The van der Waals surface area contributed by atoms with E-state index in [0.29, 0.717) is 6.07 Å². The summed E-state index contributed by atoms with van der Waals surface area (Å²) < 4.78 is 37.3. The Kier molecular flexibility index (Phi) is 4.83. The number of hydrogen-bond donors (Lipinski definition) is 2. The van der Waals surface area contributed by atoms with Crippen LogP contribution in [0.3, 0.4) is 0 Å². The third-order valence-corrected chi connectivity index (χ3v) is 2.64. The number of nitrogens with zero attached hydrogens (tertiary/aromatic N) is 1. The number of benzene rings is 1. The fraction of sp³-hybridized carbons (Fsp3) is 0.273. The summed E-state index contributed by atoms with van der Waals surface area (Å²) in [6.45, 7) is -0.341. The van der Waals surface area contributed by atoms with Gasteiger partial charge in [-0.3, -0.25) is 4.79 Å². The Bertz CT molecular complexity index is 534. The number of carbonyl (C=O) groups is 2. The molecule has 1 aromatic carbocycles. The first-order valence-electron chi connectivity index (χ1n) is 5.28. The lowest BCUT2D eigenvalue weighted by Crippen LogP contribution is -2.38. The molecule has 9 heteroatoms. The molecular formula is C11H11ClF3N3O2. The van der Waals surface area contributed by atoms with Crippen molar-refractivity contribution in [3.63, 3.8) is 0 Å². The van der Waals surface area contributed by atoms with Crippen LogP contribution in [0.5, 0.6) is 0 Å². The molecule has 0 spiro atoms. The third-order valence-electron chi connectivity index (χ3n) is 2.33. The van der Waals surface area contributed by atoms with E-state index < -0.39 is 23.7 Å². The number of alkyl halides is 3. The van der Waals surface area contributed by atoms with Crippen molar-refractivity contribution in [1.29, 1.82) is 0 Å². The molecule has 0 saturated carbocycles. The van der Waals surface area contributed by atoms with Crippen LogP contribution in [0.15, 0.2) is 18.2 Å². The van der Waals surface area contributed by atoms with E-state index in [4.69, 9.17) is 17.3 Å². The Morgan fingerprint density at radius 3 is 2.45 bits per heavy atom. The van der Waals surface area contributed by atoms with Gasteiger partial charge in [0.05, 0.1) is 16.3 Å². The molecule has 0 aromatic heterocycles. The van der Waals surface area contributed by atoms with E-state index >= 15 is 0 Å². The van der Waals surface area contributed by atoms with Gasteiger partial charge in [0.1, 0.15) is 6.54 Å². The van der Waals surface area contributed by atoms with Crippen molar-refractivity contribution in [1.82, 2.24) is 4.90 Å². The second-order valence-corrected chi connectivity index (χ2v) is 4.34. The standard InChI is InChI=1S/C11H11ClF3N3O2/c1-18(10(16)20)5-9(19)17-8-3-2-6(4-7(8)12)11(13,14)15/h2-4H,5H2,1H3,(H2,16,20)(H,17,19). The van der Waals surface area contributed by atoms with Gasteiger partial charge in [-0.25, -0.2) is 4.79 Å². The molecule has 0 fully saturated rings. The third kappa shape index (κ3) is 4.30. The molecule has 110 valence electrons. The van der Waals surface area contributed by atoms with Gasteiger partial charge in [0, 0.05) is 7.05 Å². The molecule has 0 aliphatic carbocycles. The quantitative estimate of drug-likeness (QED) is 0.899. The number of nitrogens with one attached hydrogen (secondary N) is 1. The Morgan fingerprint density at radius 2 is 2.00 bits per heavy atom. The lowest BCUT2D eigenvalue weighted by atomic mass is 10.2. The molecule has 0 aliphatic heterocycles. The number of primary amides is 1. The van der Waals surface area contributed by atoms with Crippen LogP contribution in [-0.4, -0.2) is 30.4 Å². The summed E-state index contributed by atoms with van der Waals surface area (Å²) in [6.07, 6.45) is -4.52. The molecule has 0 saturated heterocycles. The van der Waals surface area contributed by atoms with Crippen molar-refractivity contribution in [3.05, 3.63) is 28.8 Å². The molecule has 0 bridgehead atoms. The van der Waals surface area contributed by atoms with Crippen molar-refractivity contribution >= 4 is 29.2 Å². The fourth-order valence-electron chi connectivity index (χ4n) is 1.28. The first-order chi connectivity index (χ1) is 9.11. The van der Waals surface area contributed by atoms with E-state index in [0.717, 1.165) is 17.0 Å². The SMILES string of the molecule is CN(CC(=O)Nc1ccc(C(F)(F)F)cc1Cl)C(N)=O. The largest absolute Gasteiger partial charge is 0.416 e. The molecule has 3 N–H and O–H groups in total. The average Bonchev–Trinajstić information content (AvgIpc) is 2.30. The minimum atomic E-state index is -4.52. The van der Waals surface area contributed by atoms with E-state index in [1.807, 2.05) is 0 Å². The number of amides is 3. The van der Waals surface area contributed by atoms with E-state index in [1.54, 1.807) is 0 Å². The normalized spacial score (nSPS) is 11.1. The molecule has 3 amide bonds. The first-order valence-corrected chi connectivity index (χ1v) is 5.66. The summed E-state index contributed by atoms with van der Waals surface area (Å²) in [4.78, 5) is 23.2. The summed E-state index contributed by atoms with van der Waals surface area (Å²) in [5.41, 5.74) is 4.03. The van der Waals surface area contributed by atoms with Crippen LogP contribution >= 0.6 is 11.6 Å². The number of urea groups is 1. The molecule has 1 rings (SSSR count). The van der Waals surface area contributed by atoms with Gasteiger partial charge in [0.2, 0.25) is 5.91 Å². The zero-order valence-electron chi connectivity index (χ0n) is 10.3. The number of likely N-dealkylation sites (N-methyl/N-ethyl adjacent to an activating group) is 1. The maximum Gasteiger partial charge on any atom is 0.416 e. The number of nitrogens with two attached hydrogens (primary N) is 1. The number of halogens is 4. The topological polar surface area (TPSA) is 75.4 Å². The van der Waals surface area contributed by atoms with Crippen LogP contribution in [-0.2, 0) is 11.0 Å². The van der Waals surface area contributed by atoms with Gasteiger partial charge in [-0.15, -0.1) is 0 Å². The van der Waals surface area contributed by atoms with Crippen molar-refractivity contribution < 1.29 is 22.8 Å². The monoisotopic (exact) mass is 309 g/mol. The maximum absolute atomic E-state index is 12.4. The van der Waals surface area contributed by atoms with E-state index in [2.05, 4.69) is 5.32 Å². The Hall–Kier alpha value is -1.96. The Labute approximate surface area is 117 Å². The summed E-state index contributed by atoms with van der Waals surface area (Å²) in [5.74, 6) is -0.632. The molecule has 0 heterocycles. The zero-order valence-corrected chi connectivity index (χ0v) is 11.0. The second-order valence-electron chi connectivity index (χ2n) is 3.93. The van der Waals surface area contributed by atoms with Gasteiger partial charge >= 0.3 is 12.2 Å². The highest BCUT2D eigenvalue weighted by atomic mass is 35.5. The molecule has 5 nitrogen and oxygen atoms in total. The smallest absolute Gasteiger partial charge is 0.351 e.